The Morgan fingerprint density at radius 1 is 1.42 bits per heavy atom. The van der Waals surface area contributed by atoms with Crippen molar-refractivity contribution < 1.29 is 22.4 Å². The van der Waals surface area contributed by atoms with Crippen molar-refractivity contribution in [2.75, 3.05) is 33.3 Å². The highest BCUT2D eigenvalue weighted by Crippen LogP contribution is 2.30. The zero-order chi connectivity index (χ0) is 18.9. The molecule has 0 aliphatic carbocycles. The number of nitrogens with zero attached hydrogens (tertiary/aromatic N) is 1. The van der Waals surface area contributed by atoms with Crippen LogP contribution in [0.1, 0.15) is 29.5 Å². The summed E-state index contributed by atoms with van der Waals surface area (Å²) in [4.78, 5) is 12.2. The largest absolute Gasteiger partial charge is 0.460 e. The monoisotopic (exact) mass is 380 g/mol. The Labute approximate surface area is 153 Å². The summed E-state index contributed by atoms with van der Waals surface area (Å²) in [6.07, 6.45) is 0.847. The summed E-state index contributed by atoms with van der Waals surface area (Å²) in [5.41, 5.74) is 1.06. The fourth-order valence-electron chi connectivity index (χ4n) is 3.37. The van der Waals surface area contributed by atoms with Crippen molar-refractivity contribution in [2.24, 2.45) is 5.92 Å². The molecule has 0 saturated carbocycles. The fraction of sp³-hybridized carbons (Fsp3) is 0.500. The molecule has 2 heterocycles. The smallest absolute Gasteiger partial charge is 0.374 e. The third-order valence-corrected chi connectivity index (χ3v) is 6.61. The zero-order valence-corrected chi connectivity index (χ0v) is 16.1. The molecule has 142 valence electrons. The SMILES string of the molecule is CCOC(=O)c1oc2ccc(S(=O)(=O)N3CCC(CNC)C3)cc2c1C. The minimum absolute atomic E-state index is 0.117. The Morgan fingerprint density at radius 2 is 2.19 bits per heavy atom. The van der Waals surface area contributed by atoms with Crippen LogP contribution in [-0.4, -0.2) is 52.0 Å². The maximum absolute atomic E-state index is 13.0. The second-order valence-corrected chi connectivity index (χ2v) is 8.45. The van der Waals surface area contributed by atoms with Crippen LogP contribution >= 0.6 is 0 Å². The molecule has 7 nitrogen and oxygen atoms in total. The molecule has 0 radical (unpaired) electrons. The lowest BCUT2D eigenvalue weighted by molar-refractivity contribution is 0.0491. The van der Waals surface area contributed by atoms with Crippen molar-refractivity contribution >= 4 is 27.0 Å². The Morgan fingerprint density at radius 3 is 2.88 bits per heavy atom. The highest BCUT2D eigenvalue weighted by Gasteiger charge is 2.32. The first-order valence-corrected chi connectivity index (χ1v) is 10.2. The fourth-order valence-corrected chi connectivity index (χ4v) is 4.93. The van der Waals surface area contributed by atoms with Crippen LogP contribution in [0.15, 0.2) is 27.5 Å². The highest BCUT2D eigenvalue weighted by atomic mass is 32.2. The maximum atomic E-state index is 13.0. The number of rotatable bonds is 6. The minimum atomic E-state index is -3.57. The zero-order valence-electron chi connectivity index (χ0n) is 15.2. The van der Waals surface area contributed by atoms with Gasteiger partial charge in [0.15, 0.2) is 0 Å². The molecule has 0 amide bonds. The van der Waals surface area contributed by atoms with E-state index in [2.05, 4.69) is 5.32 Å². The number of sulfonamides is 1. The van der Waals surface area contributed by atoms with Crippen LogP contribution in [-0.2, 0) is 14.8 Å². The molecule has 3 rings (SSSR count). The molecule has 8 heteroatoms. The summed E-state index contributed by atoms with van der Waals surface area (Å²) in [7, 11) is -1.70. The summed E-state index contributed by atoms with van der Waals surface area (Å²) in [6.45, 7) is 5.53. The maximum Gasteiger partial charge on any atom is 0.374 e. The van der Waals surface area contributed by atoms with Crippen LogP contribution in [0.2, 0.25) is 0 Å². The molecule has 1 aliphatic heterocycles. The van der Waals surface area contributed by atoms with Crippen LogP contribution in [0.4, 0.5) is 0 Å². The van der Waals surface area contributed by atoms with Crippen molar-refractivity contribution in [2.45, 2.75) is 25.2 Å². The normalized spacial score (nSPS) is 18.5. The van der Waals surface area contributed by atoms with Crippen molar-refractivity contribution in [1.82, 2.24) is 9.62 Å². The summed E-state index contributed by atoms with van der Waals surface area (Å²) in [5, 5.41) is 3.71. The minimum Gasteiger partial charge on any atom is -0.460 e. The van der Waals surface area contributed by atoms with Crippen molar-refractivity contribution in [1.29, 1.82) is 0 Å². The van der Waals surface area contributed by atoms with Gasteiger partial charge in [0, 0.05) is 24.0 Å². The molecule has 1 aromatic heterocycles. The lowest BCUT2D eigenvalue weighted by atomic mass is 10.1. The lowest BCUT2D eigenvalue weighted by Crippen LogP contribution is -2.30. The van der Waals surface area contributed by atoms with Crippen LogP contribution in [0.3, 0.4) is 0 Å². The molecular formula is C18H24N2O5S. The summed E-state index contributed by atoms with van der Waals surface area (Å²) in [5.74, 6) is -0.101. The van der Waals surface area contributed by atoms with E-state index in [-0.39, 0.29) is 17.3 Å². The third kappa shape index (κ3) is 3.36. The number of hydrogen-bond acceptors (Lipinski definition) is 6. The second-order valence-electron chi connectivity index (χ2n) is 6.51. The number of nitrogens with one attached hydrogen (secondary N) is 1. The third-order valence-electron chi connectivity index (χ3n) is 4.75. The van der Waals surface area contributed by atoms with Crippen LogP contribution in [0, 0.1) is 12.8 Å². The number of benzene rings is 1. The van der Waals surface area contributed by atoms with Gasteiger partial charge in [-0.2, -0.15) is 4.31 Å². The molecule has 1 atom stereocenters. The number of carbonyl (C=O) groups is 1. The van der Waals surface area contributed by atoms with Gasteiger partial charge < -0.3 is 14.5 Å². The van der Waals surface area contributed by atoms with Gasteiger partial charge in [-0.05, 0) is 58.0 Å². The first-order chi connectivity index (χ1) is 12.4. The summed E-state index contributed by atoms with van der Waals surface area (Å²) >= 11 is 0. The van der Waals surface area contributed by atoms with Gasteiger partial charge in [-0.25, -0.2) is 13.2 Å². The van der Waals surface area contributed by atoms with Crippen LogP contribution < -0.4 is 5.32 Å². The van der Waals surface area contributed by atoms with E-state index >= 15 is 0 Å². The summed E-state index contributed by atoms with van der Waals surface area (Å²) < 4.78 is 38.0. The van der Waals surface area contributed by atoms with Gasteiger partial charge in [0.2, 0.25) is 15.8 Å². The second kappa shape index (κ2) is 7.38. The number of aryl methyl sites for hydroxylation is 1. The van der Waals surface area contributed by atoms with Crippen molar-refractivity contribution in [3.05, 3.63) is 29.5 Å². The van der Waals surface area contributed by atoms with Crippen LogP contribution in [0.5, 0.6) is 0 Å². The van der Waals surface area contributed by atoms with Crippen molar-refractivity contribution in [3.8, 4) is 0 Å². The predicted molar refractivity (Wildman–Crippen MR) is 97.7 cm³/mol. The van der Waals surface area contributed by atoms with E-state index < -0.39 is 16.0 Å². The number of fused-ring (bicyclic) bond motifs is 1. The Balaban J connectivity index is 1.93. The number of hydrogen-bond donors (Lipinski definition) is 1. The molecule has 0 spiro atoms. The van der Waals surface area contributed by atoms with Gasteiger partial charge in [-0.3, -0.25) is 0 Å². The van der Waals surface area contributed by atoms with Crippen LogP contribution in [0.25, 0.3) is 11.0 Å². The predicted octanol–water partition coefficient (Wildman–Crippen LogP) is 2.15. The lowest BCUT2D eigenvalue weighted by Gasteiger charge is -2.16. The van der Waals surface area contributed by atoms with E-state index in [0.717, 1.165) is 13.0 Å². The van der Waals surface area contributed by atoms with Gasteiger partial charge in [0.05, 0.1) is 11.5 Å². The molecule has 1 fully saturated rings. The molecule has 0 bridgehead atoms. The van der Waals surface area contributed by atoms with E-state index in [9.17, 15) is 13.2 Å². The van der Waals surface area contributed by atoms with Gasteiger partial charge in [-0.15, -0.1) is 0 Å². The molecule has 26 heavy (non-hydrogen) atoms. The number of esters is 1. The number of carbonyl (C=O) groups excluding carboxylic acids is 1. The quantitative estimate of drug-likeness (QED) is 0.773. The molecular weight excluding hydrogens is 356 g/mol. The first-order valence-electron chi connectivity index (χ1n) is 8.73. The average molecular weight is 380 g/mol. The van der Waals surface area contributed by atoms with E-state index in [1.54, 1.807) is 26.0 Å². The van der Waals surface area contributed by atoms with E-state index in [4.69, 9.17) is 9.15 Å². The van der Waals surface area contributed by atoms with Gasteiger partial charge in [0.1, 0.15) is 5.58 Å². The van der Waals surface area contributed by atoms with Gasteiger partial charge in [-0.1, -0.05) is 0 Å². The Kier molecular flexibility index (Phi) is 5.36. The molecule has 2 aromatic rings. The van der Waals surface area contributed by atoms with E-state index in [1.165, 1.54) is 10.4 Å². The van der Waals surface area contributed by atoms with Gasteiger partial charge in [0.25, 0.3) is 0 Å². The molecule has 1 unspecified atom stereocenters. The van der Waals surface area contributed by atoms with Crippen molar-refractivity contribution in [3.63, 3.8) is 0 Å². The van der Waals surface area contributed by atoms with E-state index in [0.29, 0.717) is 35.5 Å². The molecule has 1 N–H and O–H groups in total. The summed E-state index contributed by atoms with van der Waals surface area (Å²) in [6, 6.07) is 4.71. The average Bonchev–Trinajstić information content (AvgIpc) is 3.21. The first kappa shape index (κ1) is 18.9. The molecule has 1 aromatic carbocycles. The van der Waals surface area contributed by atoms with Gasteiger partial charge >= 0.3 is 5.97 Å². The number of furan rings is 1. The topological polar surface area (TPSA) is 88.8 Å². The Bertz CT molecular complexity index is 919. The van der Waals surface area contributed by atoms with E-state index in [1.807, 2.05) is 7.05 Å². The molecule has 1 saturated heterocycles. The number of ether oxygens (including phenoxy) is 1. The standard InChI is InChI=1S/C18H24N2O5S/c1-4-24-18(21)17-12(2)15-9-14(5-6-16(15)25-17)26(22,23)20-8-7-13(11-20)10-19-3/h5-6,9,13,19H,4,7-8,10-11H2,1-3H3. The highest BCUT2D eigenvalue weighted by molar-refractivity contribution is 7.89. The molecule has 1 aliphatic rings. The Hall–Kier alpha value is -1.90.